The topological polar surface area (TPSA) is 18.5 Å². The van der Waals surface area contributed by atoms with E-state index >= 15 is 0 Å². The second kappa shape index (κ2) is 4.69. The van der Waals surface area contributed by atoms with E-state index in [0.29, 0.717) is 5.41 Å². The van der Waals surface area contributed by atoms with Crippen LogP contribution in [-0.4, -0.2) is 18.3 Å². The van der Waals surface area contributed by atoms with Gasteiger partial charge in [-0.1, -0.05) is 29.3 Å². The monoisotopic (exact) mass is 352 g/mol. The first kappa shape index (κ1) is 16.3. The van der Waals surface area contributed by atoms with Crippen molar-refractivity contribution in [1.29, 1.82) is 0 Å². The minimum absolute atomic E-state index is 0.0731. The van der Waals surface area contributed by atoms with Gasteiger partial charge < -0.3 is 9.31 Å². The van der Waals surface area contributed by atoms with Crippen LogP contribution in [0.25, 0.3) is 0 Å². The number of rotatable bonds is 3. The van der Waals surface area contributed by atoms with Gasteiger partial charge >= 0.3 is 7.12 Å². The van der Waals surface area contributed by atoms with Crippen molar-refractivity contribution >= 4 is 30.3 Å². The summed E-state index contributed by atoms with van der Waals surface area (Å²) in [6.07, 6.45) is 4.42. The first-order valence-electron chi connectivity index (χ1n) is 8.37. The Hall–Kier alpha value is -0.215. The lowest BCUT2D eigenvalue weighted by atomic mass is 9.23. The van der Waals surface area contributed by atoms with Gasteiger partial charge in [-0.2, -0.15) is 0 Å². The second-order valence-electron chi connectivity index (χ2n) is 8.86. The van der Waals surface area contributed by atoms with Gasteiger partial charge in [-0.3, -0.25) is 0 Å². The summed E-state index contributed by atoms with van der Waals surface area (Å²) >= 11 is 12.7. The molecule has 5 heteroatoms. The highest BCUT2D eigenvalue weighted by atomic mass is 35.5. The van der Waals surface area contributed by atoms with Crippen LogP contribution in [0.2, 0.25) is 15.4 Å². The fraction of sp³-hybridized carbons (Fsp3) is 0.667. The molecule has 0 aromatic heterocycles. The van der Waals surface area contributed by atoms with Crippen LogP contribution in [0.5, 0.6) is 0 Å². The molecule has 3 aliphatic carbocycles. The highest BCUT2D eigenvalue weighted by molar-refractivity contribution is 6.51. The van der Waals surface area contributed by atoms with E-state index in [1.807, 2.05) is 18.2 Å². The Balaban J connectivity index is 1.46. The predicted octanol–water partition coefficient (Wildman–Crippen LogP) is 5.55. The number of hydrogen-bond acceptors (Lipinski definition) is 2. The first-order valence-corrected chi connectivity index (χ1v) is 9.12. The van der Waals surface area contributed by atoms with Crippen molar-refractivity contribution in [2.75, 3.05) is 0 Å². The molecule has 1 aromatic carbocycles. The molecular formula is C18H23BCl2O2. The fourth-order valence-electron chi connectivity index (χ4n) is 4.69. The normalized spacial score (nSPS) is 36.5. The third-order valence-electron chi connectivity index (χ3n) is 6.55. The summed E-state index contributed by atoms with van der Waals surface area (Å²) in [5, 5.41) is 1.78. The van der Waals surface area contributed by atoms with Gasteiger partial charge in [0.1, 0.15) is 0 Å². The Morgan fingerprint density at radius 2 is 1.43 bits per heavy atom. The maximum atomic E-state index is 6.34. The van der Waals surface area contributed by atoms with E-state index < -0.39 is 0 Å². The van der Waals surface area contributed by atoms with E-state index in [-0.39, 0.29) is 23.6 Å². The zero-order chi connectivity index (χ0) is 16.7. The van der Waals surface area contributed by atoms with E-state index in [0.717, 1.165) is 41.3 Å². The molecule has 1 aliphatic heterocycles. The molecule has 23 heavy (non-hydrogen) atoms. The van der Waals surface area contributed by atoms with Crippen molar-refractivity contribution in [1.82, 2.24) is 0 Å². The smallest absolute Gasteiger partial charge is 0.403 e. The van der Waals surface area contributed by atoms with Crippen molar-refractivity contribution in [2.45, 2.75) is 69.9 Å². The quantitative estimate of drug-likeness (QED) is 0.663. The van der Waals surface area contributed by atoms with E-state index in [1.54, 1.807) is 0 Å². The number of benzene rings is 1. The Kier molecular flexibility index (Phi) is 3.32. The van der Waals surface area contributed by atoms with Crippen LogP contribution in [0.4, 0.5) is 0 Å². The molecule has 1 heterocycles. The van der Waals surface area contributed by atoms with Crippen LogP contribution in [0.15, 0.2) is 18.2 Å². The molecular weight excluding hydrogens is 330 g/mol. The average Bonchev–Trinajstić information content (AvgIpc) is 2.54. The molecule has 0 unspecified atom stereocenters. The van der Waals surface area contributed by atoms with E-state index in [1.165, 1.54) is 0 Å². The van der Waals surface area contributed by atoms with Crippen LogP contribution in [0, 0.1) is 5.41 Å². The summed E-state index contributed by atoms with van der Waals surface area (Å²) in [5.74, 6) is 0. The second-order valence-corrected chi connectivity index (χ2v) is 9.67. The van der Waals surface area contributed by atoms with E-state index in [4.69, 9.17) is 32.5 Å². The molecule has 0 atom stereocenters. The van der Waals surface area contributed by atoms with E-state index in [2.05, 4.69) is 27.7 Å². The van der Waals surface area contributed by atoms with Crippen molar-refractivity contribution in [3.63, 3.8) is 0 Å². The number of halogens is 2. The minimum atomic E-state index is -0.244. The highest BCUT2D eigenvalue weighted by Crippen LogP contribution is 2.81. The van der Waals surface area contributed by atoms with Gasteiger partial charge in [0, 0.05) is 15.4 Å². The molecule has 0 amide bonds. The summed E-state index contributed by atoms with van der Waals surface area (Å²) in [7, 11) is -0.0731. The third-order valence-corrected chi connectivity index (χ3v) is 7.26. The zero-order valence-electron chi connectivity index (χ0n) is 14.2. The molecule has 0 spiro atoms. The molecule has 0 radical (unpaired) electrons. The third kappa shape index (κ3) is 2.23. The molecule has 1 saturated heterocycles. The van der Waals surface area contributed by atoms with Crippen molar-refractivity contribution < 1.29 is 9.31 Å². The minimum Gasteiger partial charge on any atom is -0.403 e. The van der Waals surface area contributed by atoms with Crippen LogP contribution < -0.4 is 0 Å². The Morgan fingerprint density at radius 3 is 1.91 bits per heavy atom. The largest absolute Gasteiger partial charge is 0.464 e. The van der Waals surface area contributed by atoms with Crippen LogP contribution in [-0.2, 0) is 15.7 Å². The van der Waals surface area contributed by atoms with Gasteiger partial charge in [-0.05, 0) is 76.5 Å². The van der Waals surface area contributed by atoms with Crippen molar-refractivity contribution in [3.05, 3.63) is 33.8 Å². The molecule has 2 nitrogen and oxygen atoms in total. The molecule has 5 rings (SSSR count). The van der Waals surface area contributed by atoms with Crippen LogP contribution in [0.1, 0.15) is 52.5 Å². The molecule has 3 saturated carbocycles. The van der Waals surface area contributed by atoms with Crippen LogP contribution in [0.3, 0.4) is 0 Å². The Bertz CT molecular complexity index is 615. The van der Waals surface area contributed by atoms with Crippen LogP contribution >= 0.6 is 23.2 Å². The molecule has 1 aromatic rings. The summed E-state index contributed by atoms with van der Waals surface area (Å²) in [6, 6.07) is 5.76. The van der Waals surface area contributed by atoms with Gasteiger partial charge in [0.2, 0.25) is 0 Å². The maximum Gasteiger partial charge on any atom is 0.464 e. The first-order chi connectivity index (χ1) is 10.6. The molecule has 124 valence electrons. The van der Waals surface area contributed by atoms with Gasteiger partial charge in [-0.25, -0.2) is 0 Å². The summed E-state index contributed by atoms with van der Waals surface area (Å²) in [4.78, 5) is 0. The predicted molar refractivity (Wildman–Crippen MR) is 95.2 cm³/mol. The van der Waals surface area contributed by atoms with E-state index in [9.17, 15) is 0 Å². The summed E-state index contributed by atoms with van der Waals surface area (Å²) in [6.45, 7) is 8.49. The highest BCUT2D eigenvalue weighted by Gasteiger charge is 2.76. The maximum absolute atomic E-state index is 6.34. The summed E-state index contributed by atoms with van der Waals surface area (Å²) < 4.78 is 12.6. The van der Waals surface area contributed by atoms with Crippen molar-refractivity contribution in [3.8, 4) is 0 Å². The SMILES string of the molecule is CC1(C)OB(C23CC(Cc4c(Cl)cccc4Cl)(C2)C3)OC1(C)C. The zero-order valence-corrected chi connectivity index (χ0v) is 15.7. The molecule has 4 fully saturated rings. The Labute approximate surface area is 149 Å². The lowest BCUT2D eigenvalue weighted by molar-refractivity contribution is -0.109. The molecule has 2 bridgehead atoms. The lowest BCUT2D eigenvalue weighted by Gasteiger charge is -2.71. The number of hydrogen-bond donors (Lipinski definition) is 0. The van der Waals surface area contributed by atoms with Gasteiger partial charge in [-0.15, -0.1) is 0 Å². The molecule has 4 aliphatic rings. The summed E-state index contributed by atoms with van der Waals surface area (Å²) in [5.41, 5.74) is 0.953. The van der Waals surface area contributed by atoms with Gasteiger partial charge in [0.15, 0.2) is 0 Å². The standard InChI is InChI=1S/C18H23BCl2O2/c1-15(2)16(3,4)23-19(22-15)18-9-17(10-18,11-18)8-12-13(20)6-5-7-14(12)21/h5-7H,8-11H2,1-4H3. The van der Waals surface area contributed by atoms with Gasteiger partial charge in [0.05, 0.1) is 11.2 Å². The molecule has 0 N–H and O–H groups in total. The van der Waals surface area contributed by atoms with Gasteiger partial charge in [0.25, 0.3) is 0 Å². The average molecular weight is 353 g/mol. The lowest BCUT2D eigenvalue weighted by Crippen LogP contribution is -2.64. The Morgan fingerprint density at radius 1 is 0.957 bits per heavy atom. The van der Waals surface area contributed by atoms with Crippen molar-refractivity contribution in [2.24, 2.45) is 5.41 Å². The fourth-order valence-corrected chi connectivity index (χ4v) is 5.22.